The second-order valence-corrected chi connectivity index (χ2v) is 3.80. The monoisotopic (exact) mass is 213 g/mol. The van der Waals surface area contributed by atoms with E-state index in [-0.39, 0.29) is 5.41 Å². The predicted molar refractivity (Wildman–Crippen MR) is 63.6 cm³/mol. The Morgan fingerprint density at radius 1 is 1.47 bits per heavy atom. The highest BCUT2D eigenvalue weighted by Crippen LogP contribution is 2.23. The maximum absolute atomic E-state index is 5.72. The van der Waals surface area contributed by atoms with Gasteiger partial charge in [-0.2, -0.15) is 0 Å². The van der Waals surface area contributed by atoms with Crippen LogP contribution in [-0.4, -0.2) is 26.9 Å². The van der Waals surface area contributed by atoms with Gasteiger partial charge in [0.2, 0.25) is 0 Å². The lowest BCUT2D eigenvalue weighted by atomic mass is 9.87. The zero-order valence-electron chi connectivity index (χ0n) is 10.1. The van der Waals surface area contributed by atoms with Crippen molar-refractivity contribution in [3.8, 4) is 0 Å². The van der Waals surface area contributed by atoms with Crippen molar-refractivity contribution in [3.05, 3.63) is 24.5 Å². The molecule has 0 rings (SSSR count). The van der Waals surface area contributed by atoms with Crippen LogP contribution in [0.25, 0.3) is 0 Å². The van der Waals surface area contributed by atoms with Gasteiger partial charge in [0.05, 0.1) is 6.61 Å². The van der Waals surface area contributed by atoms with Crippen molar-refractivity contribution in [3.63, 3.8) is 0 Å². The molecule has 0 saturated heterocycles. The first-order valence-electron chi connectivity index (χ1n) is 5.29. The first kappa shape index (κ1) is 14.2. The minimum Gasteiger partial charge on any atom is -0.492 e. The first-order chi connectivity index (χ1) is 7.11. The van der Waals surface area contributed by atoms with Gasteiger partial charge in [0.1, 0.15) is 12.4 Å². The lowest BCUT2D eigenvalue weighted by molar-refractivity contribution is 0.113. The van der Waals surface area contributed by atoms with Gasteiger partial charge in [-0.05, 0) is 18.6 Å². The van der Waals surface area contributed by atoms with Crippen LogP contribution in [-0.2, 0) is 9.47 Å². The van der Waals surface area contributed by atoms with Gasteiger partial charge < -0.3 is 15.2 Å². The van der Waals surface area contributed by atoms with Gasteiger partial charge in [0, 0.05) is 19.1 Å². The average molecular weight is 213 g/mol. The van der Waals surface area contributed by atoms with Crippen LogP contribution >= 0.6 is 0 Å². The largest absolute Gasteiger partial charge is 0.492 e. The molecule has 0 saturated carbocycles. The maximum Gasteiger partial charge on any atom is 0.115 e. The smallest absolute Gasteiger partial charge is 0.115 e. The van der Waals surface area contributed by atoms with Crippen molar-refractivity contribution in [2.45, 2.75) is 20.3 Å². The van der Waals surface area contributed by atoms with E-state index >= 15 is 0 Å². The number of hydrogen-bond donors (Lipinski definition) is 1. The quantitative estimate of drug-likeness (QED) is 0.381. The van der Waals surface area contributed by atoms with Gasteiger partial charge in [-0.3, -0.25) is 0 Å². The number of allylic oxidation sites excluding steroid dienone is 1. The third-order valence-electron chi connectivity index (χ3n) is 2.52. The molecule has 0 aliphatic carbocycles. The molecule has 15 heavy (non-hydrogen) atoms. The second-order valence-electron chi connectivity index (χ2n) is 3.80. The van der Waals surface area contributed by atoms with E-state index in [0.717, 1.165) is 12.2 Å². The van der Waals surface area contributed by atoms with Crippen molar-refractivity contribution in [1.29, 1.82) is 0 Å². The minimum atomic E-state index is -0.0173. The fraction of sp³-hybridized carbons (Fsp3) is 0.667. The normalized spacial score (nSPS) is 15.9. The lowest BCUT2D eigenvalue weighted by Crippen LogP contribution is -2.24. The highest BCUT2D eigenvalue weighted by Gasteiger charge is 2.17. The molecule has 0 aromatic carbocycles. The van der Waals surface area contributed by atoms with Gasteiger partial charge in [0.25, 0.3) is 0 Å². The van der Waals surface area contributed by atoms with Crippen LogP contribution in [0.4, 0.5) is 0 Å². The molecular formula is C12H23NO2. The Morgan fingerprint density at radius 2 is 2.13 bits per heavy atom. The first-order valence-corrected chi connectivity index (χ1v) is 5.29. The van der Waals surface area contributed by atoms with E-state index in [9.17, 15) is 0 Å². The standard InChI is InChI=1S/C12H23NO2/c1-5-11(15-8-7-14-4)9-12(3,6-2)10-13/h5,9H,1,6-8,10,13H2,2-4H3/b11-9-. The SMILES string of the molecule is C=C/C(=C/C(C)(CC)CN)OCCOC. The molecule has 0 bridgehead atoms. The number of rotatable bonds is 8. The Balaban J connectivity index is 4.36. The van der Waals surface area contributed by atoms with Gasteiger partial charge in [0.15, 0.2) is 0 Å². The van der Waals surface area contributed by atoms with E-state index in [1.165, 1.54) is 0 Å². The Hall–Kier alpha value is -0.800. The summed E-state index contributed by atoms with van der Waals surface area (Å²) in [4.78, 5) is 0. The predicted octanol–water partition coefficient (Wildman–Crippen LogP) is 2.09. The third kappa shape index (κ3) is 5.60. The zero-order chi connectivity index (χ0) is 11.7. The summed E-state index contributed by atoms with van der Waals surface area (Å²) >= 11 is 0. The molecule has 0 amide bonds. The molecule has 0 heterocycles. The Labute approximate surface area is 92.9 Å². The van der Waals surface area contributed by atoms with E-state index < -0.39 is 0 Å². The van der Waals surface area contributed by atoms with Gasteiger partial charge >= 0.3 is 0 Å². The molecule has 0 aromatic heterocycles. The van der Waals surface area contributed by atoms with Crippen molar-refractivity contribution in [2.75, 3.05) is 26.9 Å². The van der Waals surface area contributed by atoms with Crippen molar-refractivity contribution >= 4 is 0 Å². The average Bonchev–Trinajstić information content (AvgIpc) is 2.27. The molecule has 1 atom stereocenters. The molecule has 0 aromatic rings. The van der Waals surface area contributed by atoms with Crippen LogP contribution in [0.15, 0.2) is 24.5 Å². The number of ether oxygens (including phenoxy) is 2. The van der Waals surface area contributed by atoms with Crippen molar-refractivity contribution in [2.24, 2.45) is 11.1 Å². The van der Waals surface area contributed by atoms with Crippen molar-refractivity contribution in [1.82, 2.24) is 0 Å². The molecule has 0 aliphatic rings. The Bertz CT molecular complexity index is 208. The Kier molecular flexibility index (Phi) is 7.09. The second kappa shape index (κ2) is 7.49. The fourth-order valence-electron chi connectivity index (χ4n) is 1.05. The summed E-state index contributed by atoms with van der Waals surface area (Å²) in [6, 6.07) is 0. The van der Waals surface area contributed by atoms with E-state index in [1.54, 1.807) is 13.2 Å². The molecular weight excluding hydrogens is 190 g/mol. The molecule has 0 aliphatic heterocycles. The maximum atomic E-state index is 5.72. The van der Waals surface area contributed by atoms with Crippen LogP contribution in [0.3, 0.4) is 0 Å². The molecule has 3 heteroatoms. The summed E-state index contributed by atoms with van der Waals surface area (Å²) in [7, 11) is 1.65. The summed E-state index contributed by atoms with van der Waals surface area (Å²) in [5.41, 5.74) is 5.70. The summed E-state index contributed by atoms with van der Waals surface area (Å²) < 4.78 is 10.4. The Morgan fingerprint density at radius 3 is 2.53 bits per heavy atom. The van der Waals surface area contributed by atoms with E-state index in [1.807, 2.05) is 6.08 Å². The highest BCUT2D eigenvalue weighted by molar-refractivity contribution is 5.13. The number of methoxy groups -OCH3 is 1. The lowest BCUT2D eigenvalue weighted by Gasteiger charge is -2.23. The van der Waals surface area contributed by atoms with Gasteiger partial charge in [-0.15, -0.1) is 0 Å². The molecule has 88 valence electrons. The van der Waals surface area contributed by atoms with E-state index in [2.05, 4.69) is 20.4 Å². The van der Waals surface area contributed by atoms with Crippen LogP contribution in [0.5, 0.6) is 0 Å². The fourth-order valence-corrected chi connectivity index (χ4v) is 1.05. The van der Waals surface area contributed by atoms with Crippen LogP contribution in [0.2, 0.25) is 0 Å². The molecule has 2 N–H and O–H groups in total. The summed E-state index contributed by atoms with van der Waals surface area (Å²) in [5.74, 6) is 0.779. The van der Waals surface area contributed by atoms with E-state index in [0.29, 0.717) is 19.8 Å². The molecule has 0 spiro atoms. The van der Waals surface area contributed by atoms with Crippen LogP contribution in [0, 0.1) is 5.41 Å². The topological polar surface area (TPSA) is 44.5 Å². The van der Waals surface area contributed by atoms with Gasteiger partial charge in [-0.25, -0.2) is 0 Å². The molecule has 0 fully saturated rings. The molecule has 0 radical (unpaired) electrons. The third-order valence-corrected chi connectivity index (χ3v) is 2.52. The summed E-state index contributed by atoms with van der Waals surface area (Å²) in [5, 5.41) is 0. The number of nitrogens with two attached hydrogens (primary N) is 1. The summed E-state index contributed by atoms with van der Waals surface area (Å²) in [6.07, 6.45) is 4.73. The van der Waals surface area contributed by atoms with Crippen LogP contribution < -0.4 is 5.73 Å². The zero-order valence-corrected chi connectivity index (χ0v) is 10.1. The summed E-state index contributed by atoms with van der Waals surface area (Å²) in [6.45, 7) is 9.66. The van der Waals surface area contributed by atoms with Crippen molar-refractivity contribution < 1.29 is 9.47 Å². The van der Waals surface area contributed by atoms with Crippen LogP contribution in [0.1, 0.15) is 20.3 Å². The molecule has 1 unspecified atom stereocenters. The minimum absolute atomic E-state index is 0.0173. The van der Waals surface area contributed by atoms with Gasteiger partial charge in [-0.1, -0.05) is 20.4 Å². The number of hydrogen-bond acceptors (Lipinski definition) is 3. The van der Waals surface area contributed by atoms with E-state index in [4.69, 9.17) is 15.2 Å². The highest BCUT2D eigenvalue weighted by atomic mass is 16.5. The molecule has 3 nitrogen and oxygen atoms in total.